The van der Waals surface area contributed by atoms with E-state index >= 15 is 0 Å². The molecule has 0 bridgehead atoms. The third kappa shape index (κ3) is 2.57. The number of hydrogen-bond donors (Lipinski definition) is 2. The van der Waals surface area contributed by atoms with Crippen molar-refractivity contribution in [3.8, 4) is 17.0 Å². The van der Waals surface area contributed by atoms with Gasteiger partial charge in [-0.05, 0) is 24.6 Å². The third-order valence-corrected chi connectivity index (χ3v) is 3.12. The number of aromatic hydroxyl groups is 1. The average molecular weight is 256 g/mol. The Hall–Kier alpha value is -2.36. The normalized spacial score (nSPS) is 10.4. The molecule has 0 saturated heterocycles. The molecule has 0 spiro atoms. The van der Waals surface area contributed by atoms with Crippen molar-refractivity contribution in [2.24, 2.45) is 7.05 Å². The van der Waals surface area contributed by atoms with Gasteiger partial charge in [0.2, 0.25) is 0 Å². The summed E-state index contributed by atoms with van der Waals surface area (Å²) >= 11 is 0. The molecule has 0 unspecified atom stereocenters. The summed E-state index contributed by atoms with van der Waals surface area (Å²) in [6.07, 6.45) is 2.08. The number of nitrogens with zero attached hydrogens (tertiary/aromatic N) is 1. The molecular formula is C15H16N2O2. The van der Waals surface area contributed by atoms with Crippen LogP contribution in [0.1, 0.15) is 12.0 Å². The van der Waals surface area contributed by atoms with Gasteiger partial charge in [0.05, 0.1) is 11.3 Å². The molecule has 4 nitrogen and oxygen atoms in total. The largest absolute Gasteiger partial charge is 0.507 e. The molecule has 0 aliphatic heterocycles. The van der Waals surface area contributed by atoms with Crippen LogP contribution >= 0.6 is 0 Å². The third-order valence-electron chi connectivity index (χ3n) is 3.12. The highest BCUT2D eigenvalue weighted by Gasteiger charge is 2.12. The molecule has 0 saturated carbocycles. The van der Waals surface area contributed by atoms with E-state index in [2.05, 4.69) is 0 Å². The minimum atomic E-state index is -0.208. The van der Waals surface area contributed by atoms with Crippen molar-refractivity contribution in [3.05, 3.63) is 52.3 Å². The lowest BCUT2D eigenvalue weighted by Gasteiger charge is -2.12. The van der Waals surface area contributed by atoms with Crippen molar-refractivity contribution >= 4 is 6.21 Å². The van der Waals surface area contributed by atoms with Crippen LogP contribution in [0.25, 0.3) is 11.3 Å². The molecule has 0 aliphatic carbocycles. The Morgan fingerprint density at radius 2 is 2.00 bits per heavy atom. The van der Waals surface area contributed by atoms with Crippen LogP contribution in [0.4, 0.5) is 0 Å². The molecule has 98 valence electrons. The molecule has 0 aliphatic rings. The molecule has 0 fully saturated rings. The van der Waals surface area contributed by atoms with Gasteiger partial charge in [-0.2, -0.15) is 0 Å². The van der Waals surface area contributed by atoms with E-state index in [4.69, 9.17) is 5.41 Å². The molecular weight excluding hydrogens is 240 g/mol. The lowest BCUT2D eigenvalue weighted by molar-refractivity contribution is 0.464. The van der Waals surface area contributed by atoms with Crippen molar-refractivity contribution in [2.75, 3.05) is 0 Å². The van der Waals surface area contributed by atoms with E-state index in [0.29, 0.717) is 24.1 Å². The minimum absolute atomic E-state index is 0.00352. The van der Waals surface area contributed by atoms with Crippen molar-refractivity contribution in [3.63, 3.8) is 0 Å². The van der Waals surface area contributed by atoms with Crippen LogP contribution in [0, 0.1) is 5.41 Å². The van der Waals surface area contributed by atoms with Gasteiger partial charge in [0.25, 0.3) is 5.56 Å². The average Bonchev–Trinajstić information content (AvgIpc) is 2.44. The molecule has 2 aromatic rings. The molecule has 0 radical (unpaired) electrons. The Bertz CT molecular complexity index is 645. The number of benzene rings is 1. The molecule has 0 amide bonds. The Balaban J connectivity index is 2.55. The second kappa shape index (κ2) is 5.52. The molecule has 2 N–H and O–H groups in total. The summed E-state index contributed by atoms with van der Waals surface area (Å²) in [5.41, 5.74) is 1.73. The van der Waals surface area contributed by atoms with Crippen LogP contribution in [0.2, 0.25) is 0 Å². The van der Waals surface area contributed by atoms with Crippen LogP contribution in [0.3, 0.4) is 0 Å². The highest BCUT2D eigenvalue weighted by Crippen LogP contribution is 2.23. The zero-order valence-corrected chi connectivity index (χ0v) is 10.8. The summed E-state index contributed by atoms with van der Waals surface area (Å²) < 4.78 is 1.54. The van der Waals surface area contributed by atoms with Gasteiger partial charge in [0.1, 0.15) is 5.75 Å². The van der Waals surface area contributed by atoms with Crippen LogP contribution in [0.5, 0.6) is 5.75 Å². The maximum Gasteiger partial charge on any atom is 0.257 e. The molecule has 0 atom stereocenters. The SMILES string of the molecule is Cn1c(-c2ccccc2)cc(O)c(CCC=N)c1=O. The smallest absolute Gasteiger partial charge is 0.257 e. The van der Waals surface area contributed by atoms with Crippen LogP contribution < -0.4 is 5.56 Å². The van der Waals surface area contributed by atoms with Crippen LogP contribution in [-0.4, -0.2) is 15.9 Å². The minimum Gasteiger partial charge on any atom is -0.507 e. The predicted molar refractivity (Wildman–Crippen MR) is 75.9 cm³/mol. The molecule has 1 heterocycles. The first kappa shape index (κ1) is 13.1. The second-order valence-corrected chi connectivity index (χ2v) is 4.37. The summed E-state index contributed by atoms with van der Waals surface area (Å²) in [4.78, 5) is 12.2. The van der Waals surface area contributed by atoms with Gasteiger partial charge >= 0.3 is 0 Å². The highest BCUT2D eigenvalue weighted by molar-refractivity contribution is 5.62. The topological polar surface area (TPSA) is 66.1 Å². The number of nitrogens with one attached hydrogen (secondary N) is 1. The van der Waals surface area contributed by atoms with Gasteiger partial charge in [-0.25, -0.2) is 0 Å². The highest BCUT2D eigenvalue weighted by atomic mass is 16.3. The van der Waals surface area contributed by atoms with Gasteiger partial charge < -0.3 is 15.1 Å². The van der Waals surface area contributed by atoms with Crippen molar-refractivity contribution in [1.82, 2.24) is 4.57 Å². The first-order valence-corrected chi connectivity index (χ1v) is 6.11. The number of rotatable bonds is 4. The van der Waals surface area contributed by atoms with Gasteiger partial charge in [-0.3, -0.25) is 4.79 Å². The van der Waals surface area contributed by atoms with Crippen LogP contribution in [-0.2, 0) is 13.5 Å². The number of pyridine rings is 1. The maximum absolute atomic E-state index is 12.2. The fraction of sp³-hybridized carbons (Fsp3) is 0.200. The molecule has 2 rings (SSSR count). The standard InChI is InChI=1S/C15H16N2O2/c1-17-13(11-6-3-2-4-7-11)10-14(18)12(15(17)19)8-5-9-16/h2-4,6-7,9-10,16,18H,5,8H2,1H3. The van der Waals surface area contributed by atoms with E-state index in [1.807, 2.05) is 30.3 Å². The Kier molecular flexibility index (Phi) is 3.80. The van der Waals surface area contributed by atoms with Crippen molar-refractivity contribution in [2.45, 2.75) is 12.8 Å². The summed E-state index contributed by atoms with van der Waals surface area (Å²) in [5.74, 6) is 0.00352. The van der Waals surface area contributed by atoms with Crippen LogP contribution in [0.15, 0.2) is 41.2 Å². The molecule has 4 heteroatoms. The Morgan fingerprint density at radius 3 is 2.63 bits per heavy atom. The van der Waals surface area contributed by atoms with Gasteiger partial charge in [-0.1, -0.05) is 30.3 Å². The van der Waals surface area contributed by atoms with E-state index in [0.717, 1.165) is 5.56 Å². The zero-order valence-electron chi connectivity index (χ0n) is 10.8. The Labute approximate surface area is 111 Å². The first-order chi connectivity index (χ1) is 9.15. The fourth-order valence-corrected chi connectivity index (χ4v) is 2.07. The number of aromatic nitrogens is 1. The first-order valence-electron chi connectivity index (χ1n) is 6.11. The maximum atomic E-state index is 12.2. The lowest BCUT2D eigenvalue weighted by atomic mass is 10.1. The monoisotopic (exact) mass is 256 g/mol. The molecule has 19 heavy (non-hydrogen) atoms. The summed E-state index contributed by atoms with van der Waals surface area (Å²) in [7, 11) is 1.69. The van der Waals surface area contributed by atoms with Gasteiger partial charge in [-0.15, -0.1) is 0 Å². The predicted octanol–water partition coefficient (Wildman–Crippen LogP) is 2.34. The van der Waals surface area contributed by atoms with Crippen molar-refractivity contribution in [1.29, 1.82) is 5.41 Å². The lowest BCUT2D eigenvalue weighted by Crippen LogP contribution is -2.22. The van der Waals surface area contributed by atoms with Gasteiger partial charge in [0.15, 0.2) is 0 Å². The van der Waals surface area contributed by atoms with E-state index in [9.17, 15) is 9.90 Å². The summed E-state index contributed by atoms with van der Waals surface area (Å²) in [6.45, 7) is 0. The summed E-state index contributed by atoms with van der Waals surface area (Å²) in [5, 5.41) is 17.0. The van der Waals surface area contributed by atoms with E-state index in [1.54, 1.807) is 13.1 Å². The zero-order chi connectivity index (χ0) is 13.8. The van der Waals surface area contributed by atoms with E-state index in [-0.39, 0.29) is 11.3 Å². The van der Waals surface area contributed by atoms with Crippen molar-refractivity contribution < 1.29 is 5.11 Å². The van der Waals surface area contributed by atoms with E-state index < -0.39 is 0 Å². The number of hydrogen-bond acceptors (Lipinski definition) is 3. The second-order valence-electron chi connectivity index (χ2n) is 4.37. The molecule has 1 aromatic heterocycles. The summed E-state index contributed by atoms with van der Waals surface area (Å²) in [6, 6.07) is 11.1. The Morgan fingerprint density at radius 1 is 1.32 bits per heavy atom. The van der Waals surface area contributed by atoms with Gasteiger partial charge in [0, 0.05) is 13.1 Å². The molecule has 1 aromatic carbocycles. The quantitative estimate of drug-likeness (QED) is 0.824. The fourth-order valence-electron chi connectivity index (χ4n) is 2.07. The van der Waals surface area contributed by atoms with E-state index in [1.165, 1.54) is 10.8 Å².